The lowest BCUT2D eigenvalue weighted by atomic mass is 10.2. The van der Waals surface area contributed by atoms with Gasteiger partial charge in [-0.05, 0) is 48.9 Å². The van der Waals surface area contributed by atoms with Gasteiger partial charge in [-0.25, -0.2) is 9.97 Å². The Bertz CT molecular complexity index is 934. The number of carbonyl (C=O) groups is 1. The van der Waals surface area contributed by atoms with Crippen molar-refractivity contribution in [2.24, 2.45) is 0 Å². The zero-order valence-corrected chi connectivity index (χ0v) is 15.3. The Balaban J connectivity index is 1.74. The highest BCUT2D eigenvalue weighted by molar-refractivity contribution is 6.42. The number of amides is 1. The maximum Gasteiger partial charge on any atom is 0.270 e. The molecule has 0 aliphatic heterocycles. The minimum atomic E-state index is -0.287. The second kappa shape index (κ2) is 8.12. The van der Waals surface area contributed by atoms with E-state index in [1.165, 1.54) is 0 Å². The highest BCUT2D eigenvalue weighted by atomic mass is 35.5. The van der Waals surface area contributed by atoms with Crippen LogP contribution >= 0.6 is 23.2 Å². The first-order valence-corrected chi connectivity index (χ1v) is 8.52. The Morgan fingerprint density at radius 2 is 1.81 bits per heavy atom. The van der Waals surface area contributed by atoms with E-state index < -0.39 is 0 Å². The third-order valence-corrected chi connectivity index (χ3v) is 4.20. The van der Waals surface area contributed by atoms with Crippen molar-refractivity contribution in [3.05, 3.63) is 75.8 Å². The lowest BCUT2D eigenvalue weighted by Crippen LogP contribution is -2.24. The summed E-state index contributed by atoms with van der Waals surface area (Å²) in [6.45, 7) is 2.18. The molecule has 0 radical (unpaired) electrons. The number of pyridine rings is 1. The fourth-order valence-electron chi connectivity index (χ4n) is 2.22. The Labute approximate surface area is 160 Å². The number of aromatic nitrogens is 3. The highest BCUT2D eigenvalue weighted by Crippen LogP contribution is 2.26. The number of benzene rings is 1. The van der Waals surface area contributed by atoms with E-state index >= 15 is 0 Å². The molecule has 1 aromatic carbocycles. The molecule has 132 valence electrons. The van der Waals surface area contributed by atoms with Gasteiger partial charge in [0.25, 0.3) is 5.91 Å². The molecule has 2 aromatic heterocycles. The van der Waals surface area contributed by atoms with Crippen LogP contribution in [0.25, 0.3) is 0 Å². The molecule has 0 unspecified atom stereocenters. The first kappa shape index (κ1) is 18.1. The number of hydrogen-bond donors (Lipinski definition) is 2. The summed E-state index contributed by atoms with van der Waals surface area (Å²) >= 11 is 11.9. The third-order valence-electron chi connectivity index (χ3n) is 3.47. The van der Waals surface area contributed by atoms with E-state index in [1.807, 2.05) is 12.1 Å². The van der Waals surface area contributed by atoms with Gasteiger partial charge in [-0.3, -0.25) is 9.78 Å². The average molecular weight is 388 g/mol. The summed E-state index contributed by atoms with van der Waals surface area (Å²) in [7, 11) is 0. The molecule has 0 fully saturated rings. The summed E-state index contributed by atoms with van der Waals surface area (Å²) in [5, 5.41) is 6.73. The number of carbonyl (C=O) groups excluding carboxylic acids is 1. The van der Waals surface area contributed by atoms with Gasteiger partial charge in [-0.15, -0.1) is 0 Å². The van der Waals surface area contributed by atoms with Gasteiger partial charge >= 0.3 is 0 Å². The quantitative estimate of drug-likeness (QED) is 0.686. The molecule has 0 atom stereocenters. The van der Waals surface area contributed by atoms with E-state index in [9.17, 15) is 4.79 Å². The molecule has 0 spiro atoms. The average Bonchev–Trinajstić information content (AvgIpc) is 2.63. The van der Waals surface area contributed by atoms with Crippen molar-refractivity contribution in [3.63, 3.8) is 0 Å². The van der Waals surface area contributed by atoms with Crippen LogP contribution in [0.3, 0.4) is 0 Å². The monoisotopic (exact) mass is 387 g/mol. The van der Waals surface area contributed by atoms with Crippen molar-refractivity contribution in [2.45, 2.75) is 13.5 Å². The Morgan fingerprint density at radius 1 is 1.04 bits per heavy atom. The predicted octanol–water partition coefficient (Wildman–Crippen LogP) is 4.16. The highest BCUT2D eigenvalue weighted by Gasteiger charge is 2.11. The van der Waals surface area contributed by atoms with E-state index in [-0.39, 0.29) is 11.6 Å². The van der Waals surface area contributed by atoms with Crippen LogP contribution in [0.15, 0.2) is 48.8 Å². The number of hydrogen-bond acceptors (Lipinski definition) is 5. The topological polar surface area (TPSA) is 79.8 Å². The first-order chi connectivity index (χ1) is 12.5. The molecule has 3 rings (SSSR count). The summed E-state index contributed by atoms with van der Waals surface area (Å²) in [5.74, 6) is 0.0157. The molecule has 2 N–H and O–H groups in total. The fraction of sp³-hybridized carbons (Fsp3) is 0.111. The van der Waals surface area contributed by atoms with Gasteiger partial charge < -0.3 is 10.6 Å². The van der Waals surface area contributed by atoms with Crippen LogP contribution in [0.4, 0.5) is 11.6 Å². The summed E-state index contributed by atoms with van der Waals surface area (Å²) in [6.07, 6.45) is 3.35. The normalized spacial score (nSPS) is 10.4. The van der Waals surface area contributed by atoms with Crippen LogP contribution in [0, 0.1) is 6.92 Å². The molecule has 0 bridgehead atoms. The minimum Gasteiger partial charge on any atom is -0.347 e. The molecular weight excluding hydrogens is 373 g/mol. The summed E-state index contributed by atoms with van der Waals surface area (Å²) < 4.78 is 0. The van der Waals surface area contributed by atoms with Crippen molar-refractivity contribution >= 4 is 40.7 Å². The summed E-state index contributed by atoms with van der Waals surface area (Å²) in [4.78, 5) is 24.9. The Kier molecular flexibility index (Phi) is 5.65. The number of halogens is 2. The van der Waals surface area contributed by atoms with Gasteiger partial charge in [-0.2, -0.15) is 0 Å². The Morgan fingerprint density at radius 3 is 2.54 bits per heavy atom. The second-order valence-electron chi connectivity index (χ2n) is 5.51. The molecule has 1 amide bonds. The molecule has 0 aliphatic carbocycles. The first-order valence-electron chi connectivity index (χ1n) is 7.76. The molecule has 8 heteroatoms. The van der Waals surface area contributed by atoms with Crippen LogP contribution in [-0.4, -0.2) is 20.9 Å². The van der Waals surface area contributed by atoms with Crippen LogP contribution in [-0.2, 0) is 6.54 Å². The standard InChI is InChI=1S/C18H15Cl2N5O/c1-11-8-16(17(26)22-10-12-4-6-21-7-5-12)25-18(23-11)24-13-2-3-14(19)15(20)9-13/h2-9H,10H2,1H3,(H,22,26)(H,23,24,25). The molecule has 0 saturated carbocycles. The molecule has 6 nitrogen and oxygen atoms in total. The number of rotatable bonds is 5. The van der Waals surface area contributed by atoms with Crippen LogP contribution in [0.2, 0.25) is 10.0 Å². The number of aryl methyl sites for hydroxylation is 1. The maximum absolute atomic E-state index is 12.4. The van der Waals surface area contributed by atoms with E-state index in [1.54, 1.807) is 43.6 Å². The SMILES string of the molecule is Cc1cc(C(=O)NCc2ccncc2)nc(Nc2ccc(Cl)c(Cl)c2)n1. The van der Waals surface area contributed by atoms with Crippen molar-refractivity contribution < 1.29 is 4.79 Å². The van der Waals surface area contributed by atoms with Gasteiger partial charge in [0, 0.05) is 30.3 Å². The van der Waals surface area contributed by atoms with Gasteiger partial charge in [0.1, 0.15) is 5.69 Å². The van der Waals surface area contributed by atoms with E-state index in [0.717, 1.165) is 5.56 Å². The molecule has 0 saturated heterocycles. The summed E-state index contributed by atoms with van der Waals surface area (Å²) in [6, 6.07) is 10.4. The van der Waals surface area contributed by atoms with Gasteiger partial charge in [-0.1, -0.05) is 23.2 Å². The number of nitrogens with zero attached hydrogens (tertiary/aromatic N) is 3. The van der Waals surface area contributed by atoms with Gasteiger partial charge in [0.05, 0.1) is 10.0 Å². The van der Waals surface area contributed by atoms with E-state index in [0.29, 0.717) is 33.9 Å². The number of anilines is 2. The smallest absolute Gasteiger partial charge is 0.270 e. The molecule has 0 aliphatic rings. The lowest BCUT2D eigenvalue weighted by Gasteiger charge is -2.09. The molecule has 26 heavy (non-hydrogen) atoms. The maximum atomic E-state index is 12.4. The van der Waals surface area contributed by atoms with Gasteiger partial charge in [0.15, 0.2) is 0 Å². The van der Waals surface area contributed by atoms with Gasteiger partial charge in [0.2, 0.25) is 5.95 Å². The van der Waals surface area contributed by atoms with Crippen LogP contribution in [0.1, 0.15) is 21.7 Å². The van der Waals surface area contributed by atoms with Crippen LogP contribution < -0.4 is 10.6 Å². The molecular formula is C18H15Cl2N5O. The largest absolute Gasteiger partial charge is 0.347 e. The molecule has 3 aromatic rings. The number of nitrogens with one attached hydrogen (secondary N) is 2. The Hall–Kier alpha value is -2.70. The van der Waals surface area contributed by atoms with Crippen molar-refractivity contribution in [2.75, 3.05) is 5.32 Å². The van der Waals surface area contributed by atoms with Crippen molar-refractivity contribution in [1.82, 2.24) is 20.3 Å². The van der Waals surface area contributed by atoms with Crippen molar-refractivity contribution in [1.29, 1.82) is 0 Å². The van der Waals surface area contributed by atoms with E-state index in [2.05, 4.69) is 25.6 Å². The molecule has 2 heterocycles. The lowest BCUT2D eigenvalue weighted by molar-refractivity contribution is 0.0945. The summed E-state index contributed by atoms with van der Waals surface area (Å²) in [5.41, 5.74) is 2.56. The van der Waals surface area contributed by atoms with Crippen LogP contribution in [0.5, 0.6) is 0 Å². The minimum absolute atomic E-state index is 0.272. The fourth-order valence-corrected chi connectivity index (χ4v) is 2.52. The zero-order valence-electron chi connectivity index (χ0n) is 13.8. The zero-order chi connectivity index (χ0) is 18.5. The predicted molar refractivity (Wildman–Crippen MR) is 102 cm³/mol. The third kappa shape index (κ3) is 4.68. The van der Waals surface area contributed by atoms with Crippen molar-refractivity contribution in [3.8, 4) is 0 Å². The second-order valence-corrected chi connectivity index (χ2v) is 6.32. The van der Waals surface area contributed by atoms with E-state index in [4.69, 9.17) is 23.2 Å².